The summed E-state index contributed by atoms with van der Waals surface area (Å²) < 4.78 is 24.6. The number of alkyl halides is 2. The lowest BCUT2D eigenvalue weighted by Gasteiger charge is -2.06. The smallest absolute Gasteiger partial charge is 0.337 e. The van der Waals surface area contributed by atoms with Gasteiger partial charge in [-0.1, -0.05) is 11.6 Å². The fourth-order valence-electron chi connectivity index (χ4n) is 0.961. The topological polar surface area (TPSA) is 50.2 Å². The van der Waals surface area contributed by atoms with Crippen LogP contribution in [0.3, 0.4) is 0 Å². The first-order chi connectivity index (χ1) is 6.43. The van der Waals surface area contributed by atoms with Gasteiger partial charge >= 0.3 is 5.97 Å². The highest BCUT2D eigenvalue weighted by atomic mass is 35.5. The van der Waals surface area contributed by atoms with Crippen LogP contribution in [0.4, 0.5) is 8.78 Å². The van der Waals surface area contributed by atoms with E-state index in [4.69, 9.17) is 16.7 Å². The lowest BCUT2D eigenvalue weighted by Crippen LogP contribution is -2.04. The van der Waals surface area contributed by atoms with Crippen LogP contribution in [0.15, 0.2) is 6.07 Å². The lowest BCUT2D eigenvalue weighted by molar-refractivity contribution is 0.0695. The van der Waals surface area contributed by atoms with Crippen LogP contribution in [-0.2, 0) is 0 Å². The van der Waals surface area contributed by atoms with Crippen LogP contribution in [-0.4, -0.2) is 16.1 Å². The minimum atomic E-state index is -2.83. The maximum atomic E-state index is 12.3. The van der Waals surface area contributed by atoms with Crippen molar-refractivity contribution in [3.05, 3.63) is 28.0 Å². The average molecular weight is 222 g/mol. The highest BCUT2D eigenvalue weighted by Gasteiger charge is 2.18. The minimum Gasteiger partial charge on any atom is -0.478 e. The third kappa shape index (κ3) is 1.98. The van der Waals surface area contributed by atoms with Crippen LogP contribution in [0.25, 0.3) is 0 Å². The molecule has 14 heavy (non-hydrogen) atoms. The molecule has 0 amide bonds. The number of rotatable bonds is 2. The van der Waals surface area contributed by atoms with Gasteiger partial charge in [0.25, 0.3) is 6.43 Å². The first-order valence-corrected chi connectivity index (χ1v) is 3.99. The summed E-state index contributed by atoms with van der Waals surface area (Å²) in [6, 6.07) is 0.845. The zero-order valence-corrected chi connectivity index (χ0v) is 7.85. The molecule has 0 aliphatic carbocycles. The number of aromatic carboxylic acids is 1. The summed E-state index contributed by atoms with van der Waals surface area (Å²) in [6.45, 7) is 1.39. The van der Waals surface area contributed by atoms with Crippen molar-refractivity contribution in [1.29, 1.82) is 0 Å². The van der Waals surface area contributed by atoms with E-state index in [1.54, 1.807) is 0 Å². The van der Waals surface area contributed by atoms with Gasteiger partial charge in [-0.2, -0.15) is 0 Å². The number of carboxylic acid groups (broad SMARTS) is 1. The predicted molar refractivity (Wildman–Crippen MR) is 45.9 cm³/mol. The van der Waals surface area contributed by atoms with Gasteiger partial charge in [-0.25, -0.2) is 18.6 Å². The lowest BCUT2D eigenvalue weighted by atomic mass is 10.1. The van der Waals surface area contributed by atoms with Crippen LogP contribution in [0, 0.1) is 6.92 Å². The van der Waals surface area contributed by atoms with E-state index in [-0.39, 0.29) is 16.4 Å². The Morgan fingerprint density at radius 1 is 1.64 bits per heavy atom. The van der Waals surface area contributed by atoms with Gasteiger partial charge in [-0.05, 0) is 13.0 Å². The molecule has 0 aromatic carbocycles. The van der Waals surface area contributed by atoms with Crippen molar-refractivity contribution in [1.82, 2.24) is 4.98 Å². The molecule has 0 fully saturated rings. The van der Waals surface area contributed by atoms with E-state index in [0.717, 1.165) is 6.07 Å². The zero-order valence-electron chi connectivity index (χ0n) is 7.09. The Balaban J connectivity index is 3.34. The number of nitrogens with zero attached hydrogens (tertiary/aromatic N) is 1. The maximum Gasteiger partial charge on any atom is 0.337 e. The summed E-state index contributed by atoms with van der Waals surface area (Å²) in [5.74, 6) is -1.30. The number of hydrogen-bond donors (Lipinski definition) is 1. The molecule has 0 atom stereocenters. The number of aryl methyl sites for hydroxylation is 1. The molecule has 0 saturated heterocycles. The molecule has 0 spiro atoms. The fourth-order valence-corrected chi connectivity index (χ4v) is 1.22. The van der Waals surface area contributed by atoms with Crippen molar-refractivity contribution in [2.75, 3.05) is 0 Å². The van der Waals surface area contributed by atoms with Gasteiger partial charge in [0.15, 0.2) is 0 Å². The summed E-state index contributed by atoms with van der Waals surface area (Å²) in [6.07, 6.45) is -2.83. The molecule has 1 aromatic heterocycles. The Morgan fingerprint density at radius 2 is 2.21 bits per heavy atom. The molecular formula is C8H6ClF2NO2. The summed E-state index contributed by atoms with van der Waals surface area (Å²) in [5, 5.41) is 8.28. The van der Waals surface area contributed by atoms with Crippen molar-refractivity contribution in [3.63, 3.8) is 0 Å². The number of hydrogen-bond acceptors (Lipinski definition) is 2. The summed E-state index contributed by atoms with van der Waals surface area (Å²) >= 11 is 5.42. The Morgan fingerprint density at radius 3 is 2.64 bits per heavy atom. The van der Waals surface area contributed by atoms with Gasteiger partial charge in [0.1, 0.15) is 5.15 Å². The molecule has 6 heteroatoms. The molecule has 76 valence electrons. The Kier molecular flexibility index (Phi) is 3.00. The molecular weight excluding hydrogens is 216 g/mol. The third-order valence-electron chi connectivity index (χ3n) is 1.66. The van der Waals surface area contributed by atoms with Gasteiger partial charge in [-0.15, -0.1) is 0 Å². The summed E-state index contributed by atoms with van der Waals surface area (Å²) in [7, 11) is 0. The molecule has 0 radical (unpaired) electrons. The molecule has 0 aliphatic rings. The van der Waals surface area contributed by atoms with Crippen molar-refractivity contribution in [2.45, 2.75) is 13.3 Å². The third-order valence-corrected chi connectivity index (χ3v) is 1.96. The molecule has 1 heterocycles. The van der Waals surface area contributed by atoms with Gasteiger partial charge in [-0.3, -0.25) is 0 Å². The molecule has 0 bridgehead atoms. The Labute approximate surface area is 83.3 Å². The van der Waals surface area contributed by atoms with E-state index in [9.17, 15) is 13.6 Å². The SMILES string of the molecule is Cc1nc(Cl)c(C(F)F)cc1C(=O)O. The summed E-state index contributed by atoms with van der Waals surface area (Å²) in [5.41, 5.74) is -0.703. The number of halogens is 3. The average Bonchev–Trinajstić information content (AvgIpc) is 2.02. The van der Waals surface area contributed by atoms with Gasteiger partial charge < -0.3 is 5.11 Å². The van der Waals surface area contributed by atoms with Crippen LogP contribution in [0.5, 0.6) is 0 Å². The van der Waals surface area contributed by atoms with Gasteiger partial charge in [0.2, 0.25) is 0 Å². The number of carboxylic acids is 1. The quantitative estimate of drug-likeness (QED) is 0.781. The standard InChI is InChI=1S/C8H6ClF2NO2/c1-3-4(8(13)14)2-5(7(10)11)6(9)12-3/h2,7H,1H3,(H,13,14). The second-order valence-corrected chi connectivity index (χ2v) is 2.97. The van der Waals surface area contributed by atoms with Gasteiger partial charge in [0.05, 0.1) is 16.8 Å². The Bertz CT molecular complexity index is 382. The predicted octanol–water partition coefficient (Wildman–Crippen LogP) is 2.68. The zero-order chi connectivity index (χ0) is 10.9. The molecule has 3 nitrogen and oxygen atoms in total. The van der Waals surface area contributed by atoms with E-state index >= 15 is 0 Å². The normalized spacial score (nSPS) is 10.6. The van der Waals surface area contributed by atoms with Crippen LogP contribution in [0.1, 0.15) is 28.0 Å². The number of carbonyl (C=O) groups is 1. The molecule has 1 aromatic rings. The number of aromatic nitrogens is 1. The fraction of sp³-hybridized carbons (Fsp3) is 0.250. The van der Waals surface area contributed by atoms with E-state index in [1.807, 2.05) is 0 Å². The van der Waals surface area contributed by atoms with Crippen molar-refractivity contribution in [3.8, 4) is 0 Å². The van der Waals surface area contributed by atoms with Crippen LogP contribution < -0.4 is 0 Å². The Hall–Kier alpha value is -1.23. The molecule has 0 aliphatic heterocycles. The molecule has 0 saturated carbocycles. The largest absolute Gasteiger partial charge is 0.478 e. The number of pyridine rings is 1. The van der Waals surface area contributed by atoms with Crippen molar-refractivity contribution in [2.24, 2.45) is 0 Å². The second kappa shape index (κ2) is 3.88. The van der Waals surface area contributed by atoms with Crippen molar-refractivity contribution >= 4 is 17.6 Å². The van der Waals surface area contributed by atoms with E-state index in [0.29, 0.717) is 0 Å². The van der Waals surface area contributed by atoms with Crippen LogP contribution >= 0.6 is 11.6 Å². The highest BCUT2D eigenvalue weighted by Crippen LogP contribution is 2.27. The van der Waals surface area contributed by atoms with Gasteiger partial charge in [0, 0.05) is 0 Å². The minimum absolute atomic E-state index is 0.118. The van der Waals surface area contributed by atoms with Crippen LogP contribution in [0.2, 0.25) is 5.15 Å². The molecule has 1 N–H and O–H groups in total. The second-order valence-electron chi connectivity index (χ2n) is 2.61. The molecule has 0 unspecified atom stereocenters. The summed E-state index contributed by atoms with van der Waals surface area (Å²) in [4.78, 5) is 14.1. The highest BCUT2D eigenvalue weighted by molar-refractivity contribution is 6.30. The monoisotopic (exact) mass is 221 g/mol. The molecule has 1 rings (SSSR count). The maximum absolute atomic E-state index is 12.3. The van der Waals surface area contributed by atoms with E-state index < -0.39 is 18.0 Å². The van der Waals surface area contributed by atoms with E-state index in [2.05, 4.69) is 4.98 Å². The van der Waals surface area contributed by atoms with Crippen molar-refractivity contribution < 1.29 is 18.7 Å². The van der Waals surface area contributed by atoms with E-state index in [1.165, 1.54) is 6.92 Å². The first-order valence-electron chi connectivity index (χ1n) is 3.62. The first kappa shape index (κ1) is 10.8.